The predicted molar refractivity (Wildman–Crippen MR) is 88.1 cm³/mol. The second-order valence-corrected chi connectivity index (χ2v) is 7.13. The number of allylic oxidation sites excluding steroid dienone is 1. The van der Waals surface area contributed by atoms with Gasteiger partial charge in [-0.25, -0.2) is 0 Å². The van der Waals surface area contributed by atoms with Crippen molar-refractivity contribution in [3.05, 3.63) is 35.4 Å². The van der Waals surface area contributed by atoms with Gasteiger partial charge >= 0.3 is 0 Å². The number of aromatic hydroxyl groups is 1. The number of ether oxygens (including phenoxy) is 1. The van der Waals surface area contributed by atoms with E-state index in [4.69, 9.17) is 4.74 Å². The molecule has 116 valence electrons. The zero-order valence-electron chi connectivity index (χ0n) is 13.4. The molecule has 0 spiro atoms. The number of aryl methyl sites for hydroxylation is 1. The van der Waals surface area contributed by atoms with Crippen molar-refractivity contribution in [2.45, 2.75) is 64.4 Å². The van der Waals surface area contributed by atoms with E-state index < -0.39 is 0 Å². The summed E-state index contributed by atoms with van der Waals surface area (Å²) < 4.78 is 6.30. The van der Waals surface area contributed by atoms with Crippen LogP contribution in [0.3, 0.4) is 0 Å². The molecule has 2 bridgehead atoms. The van der Waals surface area contributed by atoms with Crippen molar-refractivity contribution in [2.24, 2.45) is 5.92 Å². The Hall–Kier alpha value is -1.44. The molecule has 1 aromatic carbocycles. The van der Waals surface area contributed by atoms with E-state index in [1.54, 1.807) is 0 Å². The summed E-state index contributed by atoms with van der Waals surface area (Å²) in [6, 6.07) is 4.07. The van der Waals surface area contributed by atoms with Gasteiger partial charge in [-0.05, 0) is 63.1 Å². The molecule has 3 rings (SSSR count). The van der Waals surface area contributed by atoms with Crippen molar-refractivity contribution in [3.63, 3.8) is 0 Å². The minimum absolute atomic E-state index is 0. The molecular weight excluding hydrogens is 260 g/mol. The largest absolute Gasteiger partial charge is 0.508 e. The van der Waals surface area contributed by atoms with Crippen molar-refractivity contribution in [2.75, 3.05) is 0 Å². The zero-order valence-corrected chi connectivity index (χ0v) is 13.4. The van der Waals surface area contributed by atoms with Gasteiger partial charge in [0, 0.05) is 12.9 Å². The van der Waals surface area contributed by atoms with E-state index in [1.165, 1.54) is 11.1 Å². The Balaban J connectivity index is 0.00000176. The van der Waals surface area contributed by atoms with Crippen LogP contribution in [0, 0.1) is 5.92 Å². The molecule has 0 radical (unpaired) electrons. The molecule has 1 saturated carbocycles. The second-order valence-electron chi connectivity index (χ2n) is 7.13. The molecule has 3 atom stereocenters. The highest BCUT2D eigenvalue weighted by molar-refractivity contribution is 5.52. The number of rotatable bonds is 3. The van der Waals surface area contributed by atoms with Crippen molar-refractivity contribution < 1.29 is 11.3 Å². The Morgan fingerprint density at radius 3 is 2.95 bits per heavy atom. The van der Waals surface area contributed by atoms with Crippen LogP contribution in [0.4, 0.5) is 0 Å². The van der Waals surface area contributed by atoms with Gasteiger partial charge in [0.05, 0.1) is 0 Å². The van der Waals surface area contributed by atoms with E-state index in [0.717, 1.165) is 43.4 Å². The van der Waals surface area contributed by atoms with E-state index in [9.17, 15) is 5.11 Å². The van der Waals surface area contributed by atoms with Crippen LogP contribution in [0.15, 0.2) is 24.3 Å². The molecule has 21 heavy (non-hydrogen) atoms. The lowest BCUT2D eigenvalue weighted by Gasteiger charge is -2.48. The summed E-state index contributed by atoms with van der Waals surface area (Å²) in [5, 5.41) is 10.5. The van der Waals surface area contributed by atoms with Gasteiger partial charge < -0.3 is 9.84 Å². The molecule has 2 unspecified atom stereocenters. The molecule has 2 nitrogen and oxygen atoms in total. The molecule has 1 aliphatic carbocycles. The van der Waals surface area contributed by atoms with Gasteiger partial charge in [-0.15, -0.1) is 0 Å². The van der Waals surface area contributed by atoms with E-state index in [1.807, 2.05) is 6.07 Å². The van der Waals surface area contributed by atoms with Crippen LogP contribution in [-0.4, -0.2) is 10.7 Å². The minimum atomic E-state index is -0.0824. The zero-order chi connectivity index (χ0) is 15.2. The average Bonchev–Trinajstić information content (AvgIpc) is 2.37. The Kier molecular flexibility index (Phi) is 3.51. The molecule has 2 heteroatoms. The predicted octanol–water partition coefficient (Wildman–Crippen LogP) is 5.20. The first-order valence-corrected chi connectivity index (χ1v) is 8.14. The first kappa shape index (κ1) is 14.5. The molecule has 1 heterocycles. The van der Waals surface area contributed by atoms with Gasteiger partial charge in [0.1, 0.15) is 17.1 Å². The van der Waals surface area contributed by atoms with Crippen molar-refractivity contribution in [1.82, 2.24) is 0 Å². The van der Waals surface area contributed by atoms with E-state index in [-0.39, 0.29) is 7.03 Å². The van der Waals surface area contributed by atoms with E-state index >= 15 is 0 Å². The lowest BCUT2D eigenvalue weighted by Crippen LogP contribution is -2.44. The summed E-state index contributed by atoms with van der Waals surface area (Å²) in [7, 11) is 0. The van der Waals surface area contributed by atoms with Crippen LogP contribution in [0.5, 0.6) is 11.5 Å². The lowest BCUT2D eigenvalue weighted by atomic mass is 9.65. The van der Waals surface area contributed by atoms with Gasteiger partial charge in [-0.2, -0.15) is 0 Å². The third-order valence-electron chi connectivity index (χ3n) is 5.20. The van der Waals surface area contributed by atoms with Crippen LogP contribution in [-0.2, 0) is 6.42 Å². The quantitative estimate of drug-likeness (QED) is 0.774. The maximum Gasteiger partial charge on any atom is 0.127 e. The number of hydrogen-bond acceptors (Lipinski definition) is 2. The summed E-state index contributed by atoms with van der Waals surface area (Å²) >= 11 is 0. The number of hydrogen-bond donors (Lipinski definition) is 1. The first-order valence-electron chi connectivity index (χ1n) is 8.14. The summed E-state index contributed by atoms with van der Waals surface area (Å²) in [4.78, 5) is 0. The molecule has 0 saturated heterocycles. The summed E-state index contributed by atoms with van der Waals surface area (Å²) in [5.41, 5.74) is 3.33. The molecule has 1 N–H and O–H groups in total. The number of benzene rings is 1. The fourth-order valence-electron chi connectivity index (χ4n) is 4.18. The number of phenolic OH excluding ortho intramolecular Hbond substituents is 1. The minimum Gasteiger partial charge on any atom is -0.508 e. The maximum absolute atomic E-state index is 10.5. The molecule has 1 aliphatic heterocycles. The summed E-state index contributed by atoms with van der Waals surface area (Å²) in [6.07, 6.45) is 5.21. The Bertz CT molecular complexity index is 581. The normalized spacial score (nSPS) is 30.4. The van der Waals surface area contributed by atoms with E-state index in [2.05, 4.69) is 33.4 Å². The Morgan fingerprint density at radius 2 is 2.29 bits per heavy atom. The lowest BCUT2D eigenvalue weighted by molar-refractivity contribution is 0.00630. The SMILES string of the molecule is C=C(C)[C@@H]1CCC2(C)CC1c1c(O)cc(CCC)cc1O2.[HH]. The number of fused-ring (bicyclic) bond motifs is 4. The van der Waals surface area contributed by atoms with Crippen LogP contribution in [0.2, 0.25) is 0 Å². The highest BCUT2D eigenvalue weighted by Crippen LogP contribution is 2.55. The molecule has 0 amide bonds. The molecule has 1 aromatic rings. The van der Waals surface area contributed by atoms with Crippen LogP contribution < -0.4 is 4.74 Å². The molecule has 0 aromatic heterocycles. The topological polar surface area (TPSA) is 29.5 Å². The third-order valence-corrected chi connectivity index (χ3v) is 5.20. The van der Waals surface area contributed by atoms with E-state index in [0.29, 0.717) is 17.6 Å². The maximum atomic E-state index is 10.5. The van der Waals surface area contributed by atoms with Crippen LogP contribution in [0.1, 0.15) is 64.9 Å². The van der Waals surface area contributed by atoms with Gasteiger partial charge in [-0.1, -0.05) is 25.5 Å². The van der Waals surface area contributed by atoms with Gasteiger partial charge in [-0.3, -0.25) is 0 Å². The van der Waals surface area contributed by atoms with Gasteiger partial charge in [0.25, 0.3) is 0 Å². The van der Waals surface area contributed by atoms with Gasteiger partial charge in [0.15, 0.2) is 0 Å². The van der Waals surface area contributed by atoms with Gasteiger partial charge in [0.2, 0.25) is 0 Å². The fraction of sp³-hybridized carbons (Fsp3) is 0.579. The third kappa shape index (κ3) is 2.45. The number of phenols is 1. The fourth-order valence-corrected chi connectivity index (χ4v) is 4.18. The van der Waals surface area contributed by atoms with Crippen LogP contribution in [0.25, 0.3) is 0 Å². The van der Waals surface area contributed by atoms with Crippen molar-refractivity contribution in [3.8, 4) is 11.5 Å². The van der Waals surface area contributed by atoms with Crippen molar-refractivity contribution in [1.29, 1.82) is 0 Å². The molecule has 2 aliphatic rings. The molecular formula is C19H28O2. The Morgan fingerprint density at radius 1 is 1.52 bits per heavy atom. The van der Waals surface area contributed by atoms with Crippen molar-refractivity contribution >= 4 is 0 Å². The summed E-state index contributed by atoms with van der Waals surface area (Å²) in [5.74, 6) is 2.13. The monoisotopic (exact) mass is 288 g/mol. The summed E-state index contributed by atoms with van der Waals surface area (Å²) in [6.45, 7) is 10.7. The standard InChI is InChI=1S/C19H26O2.H2/c1-5-6-13-9-16(20)18-15-11-19(4,21-17(18)10-13)8-7-14(15)12(2)3;/h9-10,14-15,20H,2,5-8,11H2,1,3-4H3;1H/t14-,15?,19?;/m0./s1. The smallest absolute Gasteiger partial charge is 0.127 e. The second kappa shape index (κ2) is 5.08. The highest BCUT2D eigenvalue weighted by atomic mass is 16.5. The highest BCUT2D eigenvalue weighted by Gasteiger charge is 2.46. The average molecular weight is 288 g/mol. The molecule has 1 fully saturated rings. The van der Waals surface area contributed by atoms with Crippen LogP contribution >= 0.6 is 0 Å². The Labute approximate surface area is 129 Å². The first-order chi connectivity index (χ1) is 9.93.